The van der Waals surface area contributed by atoms with Crippen LogP contribution in [0.2, 0.25) is 0 Å². The van der Waals surface area contributed by atoms with E-state index in [0.29, 0.717) is 12.8 Å². The van der Waals surface area contributed by atoms with Crippen LogP contribution in [0.3, 0.4) is 0 Å². The number of rotatable bonds is 8. The van der Waals surface area contributed by atoms with E-state index in [4.69, 9.17) is 25.3 Å². The first-order chi connectivity index (χ1) is 7.83. The summed E-state index contributed by atoms with van der Waals surface area (Å²) in [6.07, 6.45) is 0.910. The molecule has 0 N–H and O–H groups in total. The van der Waals surface area contributed by atoms with Gasteiger partial charge in [0.25, 0.3) is 0 Å². The molecule has 0 saturated carbocycles. The first-order valence-electron chi connectivity index (χ1n) is 5.68. The molecule has 0 aromatic carbocycles. The lowest BCUT2D eigenvalue weighted by molar-refractivity contribution is 0.0615. The van der Waals surface area contributed by atoms with E-state index in [1.807, 2.05) is 13.8 Å². The molecule has 0 spiro atoms. The predicted octanol–water partition coefficient (Wildman–Crippen LogP) is 4.31. The number of oxime groups is 1. The average molecular weight is 286 g/mol. The second-order valence-corrected chi connectivity index (χ2v) is 5.79. The van der Waals surface area contributed by atoms with Crippen LogP contribution in [0.4, 0.5) is 0 Å². The summed E-state index contributed by atoms with van der Waals surface area (Å²) >= 11 is 5.52. The molecule has 17 heavy (non-hydrogen) atoms. The third-order valence-corrected chi connectivity index (χ3v) is 3.62. The van der Waals surface area contributed by atoms with Crippen LogP contribution in [0.25, 0.3) is 0 Å². The van der Waals surface area contributed by atoms with Crippen molar-refractivity contribution < 1.29 is 18.2 Å². The molecule has 0 fully saturated rings. The maximum absolute atomic E-state index is 12.2. The Kier molecular flexibility index (Phi) is 8.05. The molecule has 2 unspecified atom stereocenters. The van der Waals surface area contributed by atoms with Gasteiger partial charge in [-0.3, -0.25) is 13.7 Å². The van der Waals surface area contributed by atoms with E-state index >= 15 is 0 Å². The molecule has 0 aliphatic heterocycles. The van der Waals surface area contributed by atoms with E-state index in [0.717, 1.165) is 0 Å². The van der Waals surface area contributed by atoms with Crippen molar-refractivity contribution in [1.82, 2.24) is 0 Å². The molecule has 0 aliphatic rings. The summed E-state index contributed by atoms with van der Waals surface area (Å²) < 4.78 is 27.5. The van der Waals surface area contributed by atoms with E-state index in [2.05, 4.69) is 5.16 Å². The Morgan fingerprint density at radius 1 is 1.24 bits per heavy atom. The van der Waals surface area contributed by atoms with Crippen LogP contribution in [0.1, 0.15) is 47.5 Å². The van der Waals surface area contributed by atoms with E-state index < -0.39 is 7.82 Å². The highest BCUT2D eigenvalue weighted by Crippen LogP contribution is 2.52. The molecule has 2 atom stereocenters. The van der Waals surface area contributed by atoms with Crippen LogP contribution in [0, 0.1) is 0 Å². The van der Waals surface area contributed by atoms with Gasteiger partial charge in [0.1, 0.15) is 5.17 Å². The van der Waals surface area contributed by atoms with Crippen LogP contribution in [0.15, 0.2) is 5.16 Å². The van der Waals surface area contributed by atoms with Crippen molar-refractivity contribution in [1.29, 1.82) is 0 Å². The zero-order valence-corrected chi connectivity index (χ0v) is 12.6. The zero-order chi connectivity index (χ0) is 13.5. The molecule has 0 heterocycles. The minimum absolute atomic E-state index is 0.130. The highest BCUT2D eigenvalue weighted by Gasteiger charge is 2.32. The molecule has 0 saturated heterocycles. The molecule has 5 nitrogen and oxygen atoms in total. The monoisotopic (exact) mass is 285 g/mol. The van der Waals surface area contributed by atoms with E-state index in [-0.39, 0.29) is 17.4 Å². The van der Waals surface area contributed by atoms with Crippen molar-refractivity contribution in [2.45, 2.75) is 59.7 Å². The van der Waals surface area contributed by atoms with Gasteiger partial charge in [0, 0.05) is 0 Å². The van der Waals surface area contributed by atoms with Crippen molar-refractivity contribution in [2.24, 2.45) is 5.16 Å². The molecule has 0 amide bonds. The highest BCUT2D eigenvalue weighted by atomic mass is 35.5. The van der Waals surface area contributed by atoms with E-state index in [1.165, 1.54) is 6.92 Å². The summed E-state index contributed by atoms with van der Waals surface area (Å²) in [7, 11) is -3.69. The Morgan fingerprint density at radius 2 is 1.65 bits per heavy atom. The Balaban J connectivity index is 4.68. The lowest BCUT2D eigenvalue weighted by Crippen LogP contribution is -2.12. The molecule has 0 rings (SSSR count). The largest absolute Gasteiger partial charge is 0.551 e. The second kappa shape index (κ2) is 8.09. The third kappa shape index (κ3) is 7.77. The Labute approximate surface area is 108 Å². The average Bonchev–Trinajstić information content (AvgIpc) is 2.26. The predicted molar refractivity (Wildman–Crippen MR) is 69.3 cm³/mol. The maximum Gasteiger partial charge on any atom is 0.551 e. The minimum Gasteiger partial charge on any atom is -0.291 e. The lowest BCUT2D eigenvalue weighted by Gasteiger charge is -2.21. The molecule has 0 aromatic heterocycles. The van der Waals surface area contributed by atoms with Gasteiger partial charge in [0.15, 0.2) is 0 Å². The quantitative estimate of drug-likeness (QED) is 0.379. The van der Waals surface area contributed by atoms with Crippen molar-refractivity contribution in [3.63, 3.8) is 0 Å². The van der Waals surface area contributed by atoms with E-state index in [9.17, 15) is 4.57 Å². The van der Waals surface area contributed by atoms with Crippen LogP contribution < -0.4 is 0 Å². The molecular weight excluding hydrogens is 265 g/mol. The highest BCUT2D eigenvalue weighted by molar-refractivity contribution is 7.48. The zero-order valence-electron chi connectivity index (χ0n) is 11.0. The number of hydrogen-bond acceptors (Lipinski definition) is 5. The summed E-state index contributed by atoms with van der Waals surface area (Å²) in [6.45, 7) is 8.90. The smallest absolute Gasteiger partial charge is 0.291 e. The molecule has 7 heteroatoms. The summed E-state index contributed by atoms with van der Waals surface area (Å²) in [4.78, 5) is 0. The second-order valence-electron chi connectivity index (χ2n) is 3.77. The lowest BCUT2D eigenvalue weighted by atomic mass is 10.3. The van der Waals surface area contributed by atoms with Gasteiger partial charge in [-0.1, -0.05) is 30.6 Å². The van der Waals surface area contributed by atoms with Crippen LogP contribution in [0.5, 0.6) is 0 Å². The fourth-order valence-corrected chi connectivity index (χ4v) is 2.37. The van der Waals surface area contributed by atoms with Gasteiger partial charge in [-0.05, 0) is 33.6 Å². The van der Waals surface area contributed by atoms with Gasteiger partial charge in [-0.25, -0.2) is 4.57 Å². The van der Waals surface area contributed by atoms with Gasteiger partial charge < -0.3 is 0 Å². The van der Waals surface area contributed by atoms with Crippen molar-refractivity contribution in [3.8, 4) is 0 Å². The van der Waals surface area contributed by atoms with Crippen molar-refractivity contribution in [2.75, 3.05) is 0 Å². The van der Waals surface area contributed by atoms with Gasteiger partial charge >= 0.3 is 7.82 Å². The number of phosphoric acid groups is 1. The summed E-state index contributed by atoms with van der Waals surface area (Å²) in [5.41, 5.74) is 0. The topological polar surface area (TPSA) is 57.1 Å². The molecule has 0 aliphatic carbocycles. The van der Waals surface area contributed by atoms with Crippen LogP contribution >= 0.6 is 19.4 Å². The van der Waals surface area contributed by atoms with E-state index in [1.54, 1.807) is 13.8 Å². The summed E-state index contributed by atoms with van der Waals surface area (Å²) in [6, 6.07) is 0. The summed E-state index contributed by atoms with van der Waals surface area (Å²) in [5.74, 6) is 0. The Morgan fingerprint density at radius 3 is 1.94 bits per heavy atom. The number of halogens is 1. The van der Waals surface area contributed by atoms with Gasteiger partial charge in [0.2, 0.25) is 0 Å². The van der Waals surface area contributed by atoms with Crippen molar-refractivity contribution in [3.05, 3.63) is 0 Å². The fraction of sp³-hybridized carbons (Fsp3) is 0.900. The molecular formula is C10H21ClNO4P. The van der Waals surface area contributed by atoms with Crippen LogP contribution in [-0.2, 0) is 18.2 Å². The first-order valence-corrected chi connectivity index (χ1v) is 7.52. The summed E-state index contributed by atoms with van der Waals surface area (Å²) in [5, 5.41) is 3.57. The van der Waals surface area contributed by atoms with Crippen LogP contribution in [-0.4, -0.2) is 17.4 Å². The normalized spacial score (nSPS) is 19.5. The standard InChI is InChI=1S/C10H21ClNO4P/c1-6-8(3)14-17(13,15-9(4)7-2)16-12-10(5)11/h8-9H,6-7H2,1-5H3. The Bertz CT molecular complexity index is 278. The minimum atomic E-state index is -3.69. The van der Waals surface area contributed by atoms with Crippen molar-refractivity contribution >= 4 is 24.6 Å². The Hall–Kier alpha value is -0.0900. The fourth-order valence-electron chi connectivity index (χ4n) is 0.759. The maximum atomic E-state index is 12.2. The third-order valence-electron chi connectivity index (χ3n) is 2.03. The molecule has 102 valence electrons. The van der Waals surface area contributed by atoms with Gasteiger partial charge in [-0.2, -0.15) is 0 Å². The molecule has 0 aromatic rings. The molecule has 0 bridgehead atoms. The molecule has 0 radical (unpaired) electrons. The number of hydrogen-bond donors (Lipinski definition) is 0. The number of phosphoric ester groups is 1. The van der Waals surface area contributed by atoms with Gasteiger partial charge in [-0.15, -0.1) is 0 Å². The SMILES string of the molecule is CCC(C)OP(=O)(ON=C(C)Cl)OC(C)CC. The first kappa shape index (κ1) is 16.9. The van der Waals surface area contributed by atoms with Gasteiger partial charge in [0.05, 0.1) is 12.2 Å². The number of nitrogens with zero attached hydrogens (tertiary/aromatic N) is 1.